The third-order valence-corrected chi connectivity index (χ3v) is 10.7. The van der Waals surface area contributed by atoms with E-state index in [1.807, 2.05) is 44.2 Å². The molecule has 0 bridgehead atoms. The smallest absolute Gasteiger partial charge is 0.305 e. The van der Waals surface area contributed by atoms with Crippen molar-refractivity contribution < 1.29 is 71.5 Å². The first kappa shape index (κ1) is 70.2. The second-order valence-electron chi connectivity index (χ2n) is 17.3. The highest BCUT2D eigenvalue weighted by Gasteiger charge is 2.13. The number of unbranched alkanes of at least 4 members (excludes halogenated alkanes) is 9. The molecule has 0 spiro atoms. The Bertz CT molecular complexity index is 1450. The summed E-state index contributed by atoms with van der Waals surface area (Å²) < 4.78 is 41.0. The number of esters is 3. The van der Waals surface area contributed by atoms with Crippen LogP contribution in [0.2, 0.25) is 0 Å². The maximum absolute atomic E-state index is 11.1. The summed E-state index contributed by atoms with van der Waals surface area (Å²) in [5, 5.41) is 0. The molecule has 0 aliphatic rings. The van der Waals surface area contributed by atoms with E-state index in [0.29, 0.717) is 71.4 Å². The van der Waals surface area contributed by atoms with Gasteiger partial charge in [0.25, 0.3) is 0 Å². The first-order valence-corrected chi connectivity index (χ1v) is 25.7. The van der Waals surface area contributed by atoms with Crippen molar-refractivity contribution >= 4 is 41.0 Å². The average Bonchev–Trinajstić information content (AvgIpc) is 3.31. The van der Waals surface area contributed by atoms with E-state index in [1.54, 1.807) is 63.1 Å². The van der Waals surface area contributed by atoms with Gasteiger partial charge < -0.3 is 37.9 Å². The summed E-state index contributed by atoms with van der Waals surface area (Å²) in [5.41, 5.74) is 0. The Morgan fingerprint density at radius 2 is 0.657 bits per heavy atom. The summed E-state index contributed by atoms with van der Waals surface area (Å²) in [4.78, 5) is 77.0. The van der Waals surface area contributed by atoms with Crippen molar-refractivity contribution in [2.45, 2.75) is 221 Å². The van der Waals surface area contributed by atoms with Crippen molar-refractivity contribution in [3.05, 3.63) is 30.3 Å². The summed E-state index contributed by atoms with van der Waals surface area (Å²) in [6, 6.07) is 9.62. The lowest BCUT2D eigenvalue weighted by Crippen LogP contribution is -2.17. The maximum Gasteiger partial charge on any atom is 0.305 e. The molecule has 1 aromatic rings. The fourth-order valence-electron chi connectivity index (χ4n) is 7.00. The minimum absolute atomic E-state index is 0.0142. The van der Waals surface area contributed by atoms with Crippen LogP contribution in [0.1, 0.15) is 196 Å². The molecule has 4 unspecified atom stereocenters. The highest BCUT2D eigenvalue weighted by atomic mass is 16.5. The number of hydrogen-bond acceptors (Lipinski definition) is 15. The van der Waals surface area contributed by atoms with Crippen LogP contribution in [0.4, 0.5) is 0 Å². The Balaban J connectivity index is -0.000000858. The first-order chi connectivity index (χ1) is 33.5. The van der Waals surface area contributed by atoms with Gasteiger partial charge in [-0.25, -0.2) is 0 Å². The average molecular weight is 997 g/mol. The third kappa shape index (κ3) is 51.8. The topological polar surface area (TPSA) is 193 Å². The molecule has 0 heterocycles. The molecule has 1 aromatic carbocycles. The largest absolute Gasteiger partial charge is 0.493 e. The van der Waals surface area contributed by atoms with E-state index < -0.39 is 0 Å². The number of rotatable bonds is 40. The van der Waals surface area contributed by atoms with Gasteiger partial charge >= 0.3 is 17.9 Å². The zero-order valence-corrected chi connectivity index (χ0v) is 45.4. The Labute approximate surface area is 422 Å². The number of Topliss-reactive ketones (excluding diaryl/α,β-unsaturated/α-hetero) is 4. The minimum atomic E-state index is -0.150. The molecule has 0 N–H and O–H groups in total. The lowest BCUT2D eigenvalue weighted by molar-refractivity contribution is -0.144. The summed E-state index contributed by atoms with van der Waals surface area (Å²) in [6.45, 7) is 13.7. The van der Waals surface area contributed by atoms with E-state index in [0.717, 1.165) is 102 Å². The van der Waals surface area contributed by atoms with Gasteiger partial charge in [0.1, 0.15) is 28.9 Å². The van der Waals surface area contributed by atoms with Crippen LogP contribution in [0.3, 0.4) is 0 Å². The van der Waals surface area contributed by atoms with Crippen molar-refractivity contribution in [3.63, 3.8) is 0 Å². The maximum atomic E-state index is 11.1. The molecule has 70 heavy (non-hydrogen) atoms. The third-order valence-electron chi connectivity index (χ3n) is 10.7. The molecule has 4 atom stereocenters. The monoisotopic (exact) mass is 997 g/mol. The molecule has 0 aliphatic heterocycles. The van der Waals surface area contributed by atoms with Crippen molar-refractivity contribution in [2.75, 3.05) is 54.9 Å². The summed E-state index contributed by atoms with van der Waals surface area (Å²) >= 11 is 0. The zero-order chi connectivity index (χ0) is 53.2. The standard InChI is InChI=1S/C16H30O4.C14H26O4.C13H18O3.C12H22O4/c1-4-20-16(18)12-10-8-6-5-7-9-11-15(19-3)13-14(2)17;1-4-18-14(16)10-8-6-5-7-9-13(17-3)11-12(2)15;1-11(14)10-13(15-2)8-9-16-12-6-4-3-5-7-12;1-4-16-12(14)8-6-5-7-11(15-3)9-10(2)13/h15H,4-13H2,1-3H3;13H,4-11H2,1-3H3;3-7,13H,8-10H2,1-2H3;11H,4-9H2,1-3H3. The molecule has 0 saturated heterocycles. The molecule has 0 aliphatic carbocycles. The summed E-state index contributed by atoms with van der Waals surface area (Å²) in [6.07, 6.45) is 19.2. The van der Waals surface area contributed by atoms with Gasteiger partial charge in [-0.15, -0.1) is 0 Å². The van der Waals surface area contributed by atoms with Gasteiger partial charge in [-0.05, 0) is 99.1 Å². The van der Waals surface area contributed by atoms with Crippen molar-refractivity contribution in [2.24, 2.45) is 0 Å². The van der Waals surface area contributed by atoms with E-state index in [4.69, 9.17) is 37.9 Å². The summed E-state index contributed by atoms with van der Waals surface area (Å²) in [7, 11) is 6.55. The highest BCUT2D eigenvalue weighted by molar-refractivity contribution is 5.77. The van der Waals surface area contributed by atoms with Gasteiger partial charge in [-0.2, -0.15) is 0 Å². The second-order valence-corrected chi connectivity index (χ2v) is 17.3. The predicted octanol–water partition coefficient (Wildman–Crippen LogP) is 11.1. The lowest BCUT2D eigenvalue weighted by Gasteiger charge is -2.14. The number of ether oxygens (including phenoxy) is 8. The van der Waals surface area contributed by atoms with Crippen molar-refractivity contribution in [1.29, 1.82) is 0 Å². The molecule has 1 rings (SSSR count). The number of methoxy groups -OCH3 is 4. The van der Waals surface area contributed by atoms with E-state index in [9.17, 15) is 33.6 Å². The van der Waals surface area contributed by atoms with Gasteiger partial charge in [-0.3, -0.25) is 33.6 Å². The Morgan fingerprint density at radius 3 is 0.957 bits per heavy atom. The number of carbonyl (C=O) groups excluding carboxylic acids is 7. The molecule has 406 valence electrons. The van der Waals surface area contributed by atoms with Gasteiger partial charge in [-0.1, -0.05) is 76.0 Å². The van der Waals surface area contributed by atoms with Gasteiger partial charge in [0, 0.05) is 79.8 Å². The molecule has 0 aromatic heterocycles. The van der Waals surface area contributed by atoms with Crippen LogP contribution in [0.5, 0.6) is 5.75 Å². The van der Waals surface area contributed by atoms with E-state index in [1.165, 1.54) is 6.42 Å². The number of hydrogen-bond donors (Lipinski definition) is 0. The van der Waals surface area contributed by atoms with Crippen LogP contribution >= 0.6 is 0 Å². The minimum Gasteiger partial charge on any atom is -0.493 e. The van der Waals surface area contributed by atoms with Gasteiger partial charge in [0.2, 0.25) is 0 Å². The highest BCUT2D eigenvalue weighted by Crippen LogP contribution is 2.15. The van der Waals surface area contributed by atoms with Crippen LogP contribution < -0.4 is 4.74 Å². The van der Waals surface area contributed by atoms with Gasteiger partial charge in [0.15, 0.2) is 0 Å². The fourth-order valence-corrected chi connectivity index (χ4v) is 7.00. The molecule has 0 amide bonds. The molecule has 0 saturated carbocycles. The quantitative estimate of drug-likeness (QED) is 0.0342. The van der Waals surface area contributed by atoms with Crippen molar-refractivity contribution in [3.8, 4) is 5.75 Å². The normalized spacial score (nSPS) is 12.2. The Morgan fingerprint density at radius 1 is 0.386 bits per heavy atom. The fraction of sp³-hybridized carbons (Fsp3) is 0.764. The predicted molar refractivity (Wildman–Crippen MR) is 274 cm³/mol. The molecule has 15 nitrogen and oxygen atoms in total. The Hall–Kier alpha value is -4.05. The summed E-state index contributed by atoms with van der Waals surface area (Å²) in [5.74, 6) is 1.15. The number of benzene rings is 1. The van der Waals surface area contributed by atoms with Crippen LogP contribution in [0, 0.1) is 0 Å². The van der Waals surface area contributed by atoms with Crippen LogP contribution in [-0.2, 0) is 66.7 Å². The van der Waals surface area contributed by atoms with E-state index in [-0.39, 0.29) is 65.5 Å². The van der Waals surface area contributed by atoms with E-state index in [2.05, 4.69) is 0 Å². The molecule has 15 heteroatoms. The van der Waals surface area contributed by atoms with Crippen LogP contribution in [0.15, 0.2) is 30.3 Å². The lowest BCUT2D eigenvalue weighted by atomic mass is 10.0. The SMILES string of the molecule is CCOC(=O)CCCCC(CC(C)=O)OC.CCOC(=O)CCCCCCC(CC(C)=O)OC.CCOC(=O)CCCCCCCCC(CC(C)=O)OC.COC(CCOc1ccccc1)CC(C)=O. The van der Waals surface area contributed by atoms with Crippen LogP contribution in [0.25, 0.3) is 0 Å². The number of carbonyl (C=O) groups is 7. The molecule has 0 fully saturated rings. The first-order valence-electron chi connectivity index (χ1n) is 25.7. The number of ketones is 4. The van der Waals surface area contributed by atoms with Gasteiger partial charge in [0.05, 0.1) is 50.8 Å². The molecular formula is C55H96O15. The second kappa shape index (κ2) is 51.3. The Kier molecular flexibility index (Phi) is 51.5. The zero-order valence-electron chi connectivity index (χ0n) is 45.4. The number of para-hydroxylation sites is 1. The van der Waals surface area contributed by atoms with E-state index >= 15 is 0 Å². The molecule has 0 radical (unpaired) electrons. The van der Waals surface area contributed by atoms with Crippen molar-refractivity contribution in [1.82, 2.24) is 0 Å². The van der Waals surface area contributed by atoms with Crippen LogP contribution in [-0.4, -0.2) is 120 Å². The molecular weight excluding hydrogens is 901 g/mol.